The second-order valence-electron chi connectivity index (χ2n) is 9.95. The van der Waals surface area contributed by atoms with E-state index in [4.69, 9.17) is 4.74 Å². The van der Waals surface area contributed by atoms with Crippen LogP contribution in [0.3, 0.4) is 0 Å². The van der Waals surface area contributed by atoms with E-state index in [1.807, 2.05) is 24.3 Å². The molecule has 206 valence electrons. The Kier molecular flexibility index (Phi) is 11.1. The van der Waals surface area contributed by atoms with Crippen molar-refractivity contribution in [3.63, 3.8) is 0 Å². The number of hydrogen-bond acceptors (Lipinski definition) is 2. The Bertz CT molecular complexity index is 1120. The summed E-state index contributed by atoms with van der Waals surface area (Å²) in [4.78, 5) is 0. The summed E-state index contributed by atoms with van der Waals surface area (Å²) in [5, 5.41) is 0. The number of unbranched alkanes of at least 4 members (excludes halogenated alkanes) is 1. The molecule has 1 aliphatic carbocycles. The normalized spacial score (nSPS) is 17.2. The summed E-state index contributed by atoms with van der Waals surface area (Å²) in [5.41, 5.74) is 2.33. The minimum absolute atomic E-state index is 0. The molecule has 0 aromatic heterocycles. The molecular weight excluding hydrogens is 492 g/mol. The number of benzene rings is 3. The van der Waals surface area contributed by atoms with Crippen LogP contribution in [0, 0.1) is 23.5 Å². The van der Waals surface area contributed by atoms with Gasteiger partial charge >= 0.3 is 6.61 Å². The number of halogens is 4. The highest BCUT2D eigenvalue weighted by molar-refractivity contribution is 5.71. The van der Waals surface area contributed by atoms with Gasteiger partial charge in [0.05, 0.1) is 0 Å². The van der Waals surface area contributed by atoms with Gasteiger partial charge in [-0.25, -0.2) is 4.39 Å². The fourth-order valence-corrected chi connectivity index (χ4v) is 5.19. The van der Waals surface area contributed by atoms with Gasteiger partial charge in [0.2, 0.25) is 5.82 Å². The third-order valence-electron chi connectivity index (χ3n) is 7.36. The number of aryl methyl sites for hydroxylation is 1. The smallest absolute Gasteiger partial charge is 0.387 e. The van der Waals surface area contributed by atoms with Crippen LogP contribution in [0.2, 0.25) is 0 Å². The molecule has 0 saturated heterocycles. The van der Waals surface area contributed by atoms with Crippen molar-refractivity contribution in [3.05, 3.63) is 77.9 Å². The third-order valence-corrected chi connectivity index (χ3v) is 7.36. The van der Waals surface area contributed by atoms with Crippen LogP contribution < -0.4 is 9.47 Å². The van der Waals surface area contributed by atoms with Crippen LogP contribution in [-0.4, -0.2) is 6.61 Å². The highest BCUT2D eigenvalue weighted by atomic mass is 19.3. The maximum atomic E-state index is 14.8. The van der Waals surface area contributed by atoms with Gasteiger partial charge in [0.25, 0.3) is 0 Å². The summed E-state index contributed by atoms with van der Waals surface area (Å²) in [6, 6.07) is 15.7. The first-order valence-corrected chi connectivity index (χ1v) is 13.2. The highest BCUT2D eigenvalue weighted by Gasteiger charge is 2.21. The summed E-state index contributed by atoms with van der Waals surface area (Å²) in [5.74, 6) is -0.583. The van der Waals surface area contributed by atoms with Gasteiger partial charge in [-0.1, -0.05) is 83.6 Å². The summed E-state index contributed by atoms with van der Waals surface area (Å²) >= 11 is 0. The molecule has 0 N–H and O–H groups in total. The van der Waals surface area contributed by atoms with E-state index in [-0.39, 0.29) is 24.7 Å². The maximum absolute atomic E-state index is 14.8. The van der Waals surface area contributed by atoms with Crippen molar-refractivity contribution >= 4 is 0 Å². The maximum Gasteiger partial charge on any atom is 0.387 e. The lowest BCUT2D eigenvalue weighted by atomic mass is 9.78. The predicted octanol–water partition coefficient (Wildman–Crippen LogP) is 10.6. The zero-order chi connectivity index (χ0) is 26.2. The van der Waals surface area contributed by atoms with E-state index in [0.29, 0.717) is 11.1 Å². The van der Waals surface area contributed by atoms with E-state index in [2.05, 4.69) is 11.7 Å². The van der Waals surface area contributed by atoms with Crippen LogP contribution in [0.15, 0.2) is 60.7 Å². The molecule has 4 rings (SSSR count). The topological polar surface area (TPSA) is 18.5 Å². The van der Waals surface area contributed by atoms with Crippen LogP contribution in [0.1, 0.15) is 71.3 Å². The van der Waals surface area contributed by atoms with Gasteiger partial charge in [-0.2, -0.15) is 13.2 Å². The molecule has 0 bridgehead atoms. The molecule has 3 aromatic rings. The molecule has 1 fully saturated rings. The minimum atomic E-state index is -2.95. The molecule has 1 aliphatic rings. The van der Waals surface area contributed by atoms with Crippen molar-refractivity contribution in [1.29, 1.82) is 0 Å². The van der Waals surface area contributed by atoms with Gasteiger partial charge in [-0.05, 0) is 72.2 Å². The van der Waals surface area contributed by atoms with E-state index in [1.54, 1.807) is 0 Å². The first kappa shape index (κ1) is 29.5. The molecule has 0 amide bonds. The Morgan fingerprint density at radius 2 is 1.39 bits per heavy atom. The van der Waals surface area contributed by atoms with Crippen molar-refractivity contribution in [1.82, 2.24) is 0 Å². The molecular formula is C32H38F4O2. The summed E-state index contributed by atoms with van der Waals surface area (Å²) in [7, 11) is 0. The molecule has 6 heteroatoms. The van der Waals surface area contributed by atoms with Gasteiger partial charge in [-0.15, -0.1) is 0 Å². The molecule has 0 heterocycles. The zero-order valence-corrected chi connectivity index (χ0v) is 21.2. The van der Waals surface area contributed by atoms with Crippen molar-refractivity contribution < 1.29 is 27.0 Å². The Morgan fingerprint density at radius 3 is 2.00 bits per heavy atom. The molecule has 0 unspecified atom stereocenters. The Balaban J connectivity index is 0.00000400. The van der Waals surface area contributed by atoms with Crippen LogP contribution in [0.5, 0.6) is 17.2 Å². The van der Waals surface area contributed by atoms with Crippen molar-refractivity contribution in [2.45, 2.75) is 78.7 Å². The average molecular weight is 531 g/mol. The lowest BCUT2D eigenvalue weighted by molar-refractivity contribution is -0.0498. The molecule has 1 saturated carbocycles. The molecule has 38 heavy (non-hydrogen) atoms. The molecule has 0 aliphatic heterocycles. The van der Waals surface area contributed by atoms with Crippen molar-refractivity contribution in [3.8, 4) is 28.4 Å². The van der Waals surface area contributed by atoms with Crippen LogP contribution in [0.25, 0.3) is 11.1 Å². The number of ether oxygens (including phenoxy) is 2. The van der Waals surface area contributed by atoms with Gasteiger partial charge < -0.3 is 9.47 Å². The van der Waals surface area contributed by atoms with E-state index in [9.17, 15) is 17.6 Å². The Labute approximate surface area is 224 Å². The highest BCUT2D eigenvalue weighted by Crippen LogP contribution is 2.38. The Hall–Kier alpha value is -3.02. The molecule has 2 nitrogen and oxygen atoms in total. The third kappa shape index (κ3) is 7.99. The van der Waals surface area contributed by atoms with Crippen molar-refractivity contribution in [2.24, 2.45) is 11.8 Å². The SMILES string of the molecule is C.CCCCC1CCC(CCc2ccc(-c3ccc(F)c(F)c3Oc3ccc(OC(F)F)cc3)cc2)CC1. The standard InChI is InChI=1S/C31H34F4O2.CH4/c1-2-3-4-21-5-7-22(8-6-21)9-10-23-11-13-24(14-12-23)27-19-20-28(32)29(33)30(27)36-25-15-17-26(18-16-25)37-31(34)35;/h11-22,31H,2-10H2,1H3;1H4. The largest absolute Gasteiger partial charge is 0.454 e. The van der Waals surface area contributed by atoms with Crippen LogP contribution in [-0.2, 0) is 6.42 Å². The molecule has 0 radical (unpaired) electrons. The fraction of sp³-hybridized carbons (Fsp3) is 0.438. The van der Waals surface area contributed by atoms with Gasteiger partial charge in [0, 0.05) is 5.56 Å². The average Bonchev–Trinajstić information content (AvgIpc) is 2.91. The van der Waals surface area contributed by atoms with Crippen molar-refractivity contribution in [2.75, 3.05) is 0 Å². The molecule has 0 atom stereocenters. The fourth-order valence-electron chi connectivity index (χ4n) is 5.19. The monoisotopic (exact) mass is 530 g/mol. The summed E-state index contributed by atoms with van der Waals surface area (Å²) in [6.07, 6.45) is 11.5. The zero-order valence-electron chi connectivity index (χ0n) is 21.2. The van der Waals surface area contributed by atoms with Crippen LogP contribution >= 0.6 is 0 Å². The number of rotatable bonds is 11. The van der Waals surface area contributed by atoms with Crippen LogP contribution in [0.4, 0.5) is 17.6 Å². The quantitative estimate of drug-likeness (QED) is 0.230. The lowest BCUT2D eigenvalue weighted by Gasteiger charge is -2.28. The van der Waals surface area contributed by atoms with E-state index in [1.165, 1.54) is 87.3 Å². The van der Waals surface area contributed by atoms with Gasteiger partial charge in [-0.3, -0.25) is 0 Å². The van der Waals surface area contributed by atoms with E-state index in [0.717, 1.165) is 24.3 Å². The number of alkyl halides is 2. The first-order chi connectivity index (χ1) is 17.9. The number of hydrogen-bond donors (Lipinski definition) is 0. The van der Waals surface area contributed by atoms with Gasteiger partial charge in [0.1, 0.15) is 11.5 Å². The summed E-state index contributed by atoms with van der Waals surface area (Å²) in [6.45, 7) is -0.695. The van der Waals surface area contributed by atoms with Gasteiger partial charge in [0.15, 0.2) is 11.6 Å². The summed E-state index contributed by atoms with van der Waals surface area (Å²) < 4.78 is 63.6. The van der Waals surface area contributed by atoms with E-state index >= 15 is 0 Å². The molecule has 0 spiro atoms. The Morgan fingerprint density at radius 1 is 0.789 bits per heavy atom. The lowest BCUT2D eigenvalue weighted by Crippen LogP contribution is -2.15. The van der Waals surface area contributed by atoms with E-state index < -0.39 is 18.2 Å². The second kappa shape index (κ2) is 14.2. The molecule has 3 aromatic carbocycles. The predicted molar refractivity (Wildman–Crippen MR) is 145 cm³/mol. The minimum Gasteiger partial charge on any atom is -0.454 e. The first-order valence-electron chi connectivity index (χ1n) is 13.2. The second-order valence-corrected chi connectivity index (χ2v) is 9.95.